The first kappa shape index (κ1) is 22.3. The Labute approximate surface area is 173 Å². The lowest BCUT2D eigenvalue weighted by Gasteiger charge is -2.22. The Morgan fingerprint density at radius 1 is 0.966 bits per heavy atom. The van der Waals surface area contributed by atoms with E-state index in [1.54, 1.807) is 12.0 Å². The Balaban J connectivity index is 1.90. The Hall–Kier alpha value is -3.02. The van der Waals surface area contributed by atoms with Gasteiger partial charge in [-0.1, -0.05) is 12.1 Å². The highest BCUT2D eigenvalue weighted by Crippen LogP contribution is 2.18. The van der Waals surface area contributed by atoms with Gasteiger partial charge in [-0.3, -0.25) is 9.59 Å². The van der Waals surface area contributed by atoms with Gasteiger partial charge in [-0.25, -0.2) is 0 Å². The number of ether oxygens (including phenoxy) is 1. The Morgan fingerprint density at radius 3 is 2.10 bits per heavy atom. The van der Waals surface area contributed by atoms with Crippen molar-refractivity contribution in [3.8, 4) is 5.75 Å². The molecule has 6 nitrogen and oxygen atoms in total. The van der Waals surface area contributed by atoms with Crippen LogP contribution >= 0.6 is 0 Å². The topological polar surface area (TPSA) is 61.9 Å². The lowest BCUT2D eigenvalue weighted by molar-refractivity contribution is -0.132. The molecule has 0 saturated carbocycles. The maximum atomic E-state index is 12.4. The summed E-state index contributed by atoms with van der Waals surface area (Å²) < 4.78 is 5.16. The van der Waals surface area contributed by atoms with Crippen LogP contribution in [0, 0.1) is 0 Å². The summed E-state index contributed by atoms with van der Waals surface area (Å²) in [5.74, 6) is 0.472. The van der Waals surface area contributed by atoms with Gasteiger partial charge in [0.25, 0.3) is 0 Å². The van der Waals surface area contributed by atoms with Crippen LogP contribution in [0.2, 0.25) is 0 Å². The van der Waals surface area contributed by atoms with Gasteiger partial charge in [-0.15, -0.1) is 0 Å². The Morgan fingerprint density at radius 2 is 1.59 bits per heavy atom. The van der Waals surface area contributed by atoms with Crippen molar-refractivity contribution in [2.45, 2.75) is 27.2 Å². The number of carbonyl (C=O) groups excluding carboxylic acids is 2. The average Bonchev–Trinajstić information content (AvgIpc) is 2.73. The molecule has 0 aliphatic rings. The minimum atomic E-state index is -0.203. The highest BCUT2D eigenvalue weighted by atomic mass is 16.5. The van der Waals surface area contributed by atoms with Crippen LogP contribution in [0.1, 0.15) is 26.3 Å². The van der Waals surface area contributed by atoms with Crippen LogP contribution in [0.25, 0.3) is 0 Å². The van der Waals surface area contributed by atoms with E-state index in [-0.39, 0.29) is 18.4 Å². The predicted molar refractivity (Wildman–Crippen MR) is 118 cm³/mol. The number of amides is 2. The van der Waals surface area contributed by atoms with Crippen molar-refractivity contribution >= 4 is 23.2 Å². The van der Waals surface area contributed by atoms with Gasteiger partial charge in [-0.2, -0.15) is 0 Å². The zero-order valence-electron chi connectivity index (χ0n) is 17.8. The van der Waals surface area contributed by atoms with Gasteiger partial charge in [0.1, 0.15) is 5.75 Å². The van der Waals surface area contributed by atoms with Gasteiger partial charge in [-0.05, 0) is 62.2 Å². The van der Waals surface area contributed by atoms with Gasteiger partial charge in [0.15, 0.2) is 0 Å². The second-order valence-corrected chi connectivity index (χ2v) is 6.81. The number of anilines is 2. The molecule has 0 radical (unpaired) electrons. The van der Waals surface area contributed by atoms with Crippen LogP contribution < -0.4 is 15.0 Å². The number of benzene rings is 2. The molecule has 1 N–H and O–H groups in total. The van der Waals surface area contributed by atoms with E-state index < -0.39 is 0 Å². The van der Waals surface area contributed by atoms with E-state index in [4.69, 9.17) is 4.74 Å². The summed E-state index contributed by atoms with van der Waals surface area (Å²) in [6.45, 7) is 8.09. The average molecular weight is 398 g/mol. The van der Waals surface area contributed by atoms with Gasteiger partial charge in [0.2, 0.25) is 11.8 Å². The molecular formula is C23H31N3O3. The second-order valence-electron chi connectivity index (χ2n) is 6.81. The third-order valence-corrected chi connectivity index (χ3v) is 4.89. The van der Waals surface area contributed by atoms with E-state index in [0.29, 0.717) is 13.0 Å². The first-order chi connectivity index (χ1) is 14.0. The van der Waals surface area contributed by atoms with E-state index >= 15 is 0 Å². The SMILES string of the molecule is CCN(CC)c1ccc(NC(=O)CN(CCc2ccc(OC)cc2)C(C)=O)cc1. The molecule has 0 aliphatic heterocycles. The van der Waals surface area contributed by atoms with E-state index in [1.165, 1.54) is 6.92 Å². The molecule has 6 heteroatoms. The summed E-state index contributed by atoms with van der Waals surface area (Å²) in [4.78, 5) is 28.2. The smallest absolute Gasteiger partial charge is 0.243 e. The maximum Gasteiger partial charge on any atom is 0.243 e. The predicted octanol–water partition coefficient (Wildman–Crippen LogP) is 3.57. The quantitative estimate of drug-likeness (QED) is 0.666. The van der Waals surface area contributed by atoms with Crippen molar-refractivity contribution < 1.29 is 14.3 Å². The lowest BCUT2D eigenvalue weighted by atomic mass is 10.1. The molecule has 0 aliphatic carbocycles. The zero-order chi connectivity index (χ0) is 21.2. The van der Waals surface area contributed by atoms with Crippen molar-refractivity contribution in [1.82, 2.24) is 4.90 Å². The van der Waals surface area contributed by atoms with Crippen LogP contribution in [-0.4, -0.2) is 50.0 Å². The molecule has 29 heavy (non-hydrogen) atoms. The summed E-state index contributed by atoms with van der Waals surface area (Å²) in [7, 11) is 1.63. The summed E-state index contributed by atoms with van der Waals surface area (Å²) in [6.07, 6.45) is 0.676. The van der Waals surface area contributed by atoms with Gasteiger partial charge in [0.05, 0.1) is 13.7 Å². The molecule has 0 saturated heterocycles. The number of methoxy groups -OCH3 is 1. The molecular weight excluding hydrogens is 366 g/mol. The fourth-order valence-electron chi connectivity index (χ4n) is 3.12. The molecule has 0 bridgehead atoms. The number of nitrogens with zero attached hydrogens (tertiary/aromatic N) is 2. The number of carbonyl (C=O) groups is 2. The third-order valence-electron chi connectivity index (χ3n) is 4.89. The molecule has 0 aromatic heterocycles. The molecule has 156 valence electrons. The summed E-state index contributed by atoms with van der Waals surface area (Å²) in [5, 5.41) is 2.87. The van der Waals surface area contributed by atoms with Crippen LogP contribution in [0.5, 0.6) is 5.75 Å². The molecule has 2 amide bonds. The normalized spacial score (nSPS) is 10.3. The minimum Gasteiger partial charge on any atom is -0.497 e. The van der Waals surface area contributed by atoms with Gasteiger partial charge < -0.3 is 19.9 Å². The number of hydrogen-bond donors (Lipinski definition) is 1. The van der Waals surface area contributed by atoms with Gasteiger partial charge >= 0.3 is 0 Å². The van der Waals surface area contributed by atoms with Crippen LogP contribution in [0.4, 0.5) is 11.4 Å². The maximum absolute atomic E-state index is 12.4. The molecule has 2 aromatic carbocycles. The van der Waals surface area contributed by atoms with E-state index in [1.807, 2.05) is 48.5 Å². The standard InChI is InChI=1S/C23H31N3O3/c1-5-25(6-2)21-11-9-20(10-12-21)24-23(28)17-26(18(3)27)16-15-19-7-13-22(29-4)14-8-19/h7-14H,5-6,15-17H2,1-4H3,(H,24,28). The summed E-state index contributed by atoms with van der Waals surface area (Å²) in [5.41, 5.74) is 2.94. The van der Waals surface area contributed by atoms with E-state index in [2.05, 4.69) is 24.1 Å². The minimum absolute atomic E-state index is 0.0310. The van der Waals surface area contributed by atoms with Crippen molar-refractivity contribution in [3.63, 3.8) is 0 Å². The Kier molecular flexibility index (Phi) is 8.52. The van der Waals surface area contributed by atoms with E-state index in [9.17, 15) is 9.59 Å². The summed E-state index contributed by atoms with van der Waals surface area (Å²) >= 11 is 0. The first-order valence-corrected chi connectivity index (χ1v) is 10.00. The number of nitrogens with one attached hydrogen (secondary N) is 1. The largest absolute Gasteiger partial charge is 0.497 e. The molecule has 0 heterocycles. The van der Waals surface area contributed by atoms with Crippen molar-refractivity contribution in [2.75, 3.05) is 43.5 Å². The van der Waals surface area contributed by atoms with Crippen LogP contribution in [0.3, 0.4) is 0 Å². The molecule has 0 unspecified atom stereocenters. The van der Waals surface area contributed by atoms with Crippen LogP contribution in [-0.2, 0) is 16.0 Å². The lowest BCUT2D eigenvalue weighted by Crippen LogP contribution is -2.38. The molecule has 0 atom stereocenters. The fraction of sp³-hybridized carbons (Fsp3) is 0.391. The number of rotatable bonds is 10. The van der Waals surface area contributed by atoms with E-state index in [0.717, 1.165) is 35.8 Å². The Bertz CT molecular complexity index is 784. The molecule has 2 aromatic rings. The highest BCUT2D eigenvalue weighted by molar-refractivity contribution is 5.94. The van der Waals surface area contributed by atoms with Crippen molar-refractivity contribution in [1.29, 1.82) is 0 Å². The third kappa shape index (κ3) is 6.82. The van der Waals surface area contributed by atoms with Crippen molar-refractivity contribution in [3.05, 3.63) is 54.1 Å². The molecule has 0 spiro atoms. The fourth-order valence-corrected chi connectivity index (χ4v) is 3.12. The monoisotopic (exact) mass is 397 g/mol. The van der Waals surface area contributed by atoms with Crippen LogP contribution in [0.15, 0.2) is 48.5 Å². The van der Waals surface area contributed by atoms with Gasteiger partial charge in [0, 0.05) is 37.9 Å². The number of hydrogen-bond acceptors (Lipinski definition) is 4. The first-order valence-electron chi connectivity index (χ1n) is 10.00. The highest BCUT2D eigenvalue weighted by Gasteiger charge is 2.14. The second kappa shape index (κ2) is 11.1. The van der Waals surface area contributed by atoms with Crippen molar-refractivity contribution in [2.24, 2.45) is 0 Å². The summed E-state index contributed by atoms with van der Waals surface area (Å²) in [6, 6.07) is 15.5. The molecule has 0 fully saturated rings. The zero-order valence-corrected chi connectivity index (χ0v) is 17.8. The molecule has 2 rings (SSSR count).